The van der Waals surface area contributed by atoms with Crippen molar-refractivity contribution in [2.45, 2.75) is 32.3 Å². The fourth-order valence-electron chi connectivity index (χ4n) is 1.60. The van der Waals surface area contributed by atoms with E-state index >= 15 is 0 Å². The minimum Gasteiger partial charge on any atom is -0.388 e. The number of nitrogens with one attached hydrogen (secondary N) is 1. The molecule has 5 nitrogen and oxygen atoms in total. The number of benzene rings is 1. The Hall–Kier alpha value is -1.69. The molecule has 0 heterocycles. The summed E-state index contributed by atoms with van der Waals surface area (Å²) in [4.78, 5) is 10.00. The summed E-state index contributed by atoms with van der Waals surface area (Å²) in [5, 5.41) is 23.6. The zero-order valence-corrected chi connectivity index (χ0v) is 10.4. The highest BCUT2D eigenvalue weighted by atomic mass is 19.1. The summed E-state index contributed by atoms with van der Waals surface area (Å²) in [6.45, 7) is 3.79. The molecule has 0 aliphatic carbocycles. The Morgan fingerprint density at radius 1 is 1.44 bits per heavy atom. The summed E-state index contributed by atoms with van der Waals surface area (Å²) in [6, 6.07) is 3.85. The van der Waals surface area contributed by atoms with E-state index in [1.165, 1.54) is 12.1 Å². The van der Waals surface area contributed by atoms with Crippen LogP contribution in [0, 0.1) is 15.9 Å². The van der Waals surface area contributed by atoms with Gasteiger partial charge in [0.2, 0.25) is 5.82 Å². The lowest BCUT2D eigenvalue weighted by Gasteiger charge is -2.25. The minimum atomic E-state index is -0.944. The summed E-state index contributed by atoms with van der Waals surface area (Å²) in [6.07, 6.45) is 1.03. The quantitative estimate of drug-likeness (QED) is 0.606. The van der Waals surface area contributed by atoms with Gasteiger partial charge in [0.25, 0.3) is 0 Å². The van der Waals surface area contributed by atoms with Gasteiger partial charge in [-0.05, 0) is 25.0 Å². The first kappa shape index (κ1) is 14.4. The number of halogens is 1. The van der Waals surface area contributed by atoms with E-state index in [-0.39, 0.29) is 12.2 Å². The Morgan fingerprint density at radius 2 is 2.06 bits per heavy atom. The van der Waals surface area contributed by atoms with Crippen LogP contribution in [0.4, 0.5) is 15.8 Å². The lowest BCUT2D eigenvalue weighted by Crippen LogP contribution is -2.35. The number of anilines is 1. The highest BCUT2D eigenvalue weighted by Gasteiger charge is 2.25. The van der Waals surface area contributed by atoms with E-state index in [2.05, 4.69) is 5.32 Å². The first-order valence-electron chi connectivity index (χ1n) is 5.82. The van der Waals surface area contributed by atoms with Gasteiger partial charge in [0.1, 0.15) is 5.69 Å². The standard InChI is InChI=1S/C12H17FN2O3/c1-3-12(16,4-2)8-14-10-7-5-6-9(13)11(10)15(17)18/h5-7,14,16H,3-4,8H2,1-2H3. The first-order valence-corrected chi connectivity index (χ1v) is 5.82. The van der Waals surface area contributed by atoms with Crippen LogP contribution in [0.5, 0.6) is 0 Å². The van der Waals surface area contributed by atoms with Crippen LogP contribution >= 0.6 is 0 Å². The molecule has 0 bridgehead atoms. The molecule has 1 aromatic carbocycles. The second-order valence-electron chi connectivity index (χ2n) is 4.18. The van der Waals surface area contributed by atoms with E-state index in [9.17, 15) is 19.6 Å². The Bertz CT molecular complexity index is 433. The average Bonchev–Trinajstić information content (AvgIpc) is 2.35. The molecule has 6 heteroatoms. The highest BCUT2D eigenvalue weighted by Crippen LogP contribution is 2.28. The predicted octanol–water partition coefficient (Wildman–Crippen LogP) is 2.70. The third-order valence-corrected chi connectivity index (χ3v) is 3.09. The third-order valence-electron chi connectivity index (χ3n) is 3.09. The Kier molecular flexibility index (Phi) is 4.61. The molecule has 0 radical (unpaired) electrons. The van der Waals surface area contributed by atoms with Gasteiger partial charge >= 0.3 is 5.69 Å². The molecule has 0 fully saturated rings. The molecule has 0 aliphatic heterocycles. The number of para-hydroxylation sites is 1. The molecule has 1 aromatic rings. The van der Waals surface area contributed by atoms with E-state index in [0.29, 0.717) is 12.8 Å². The molecule has 18 heavy (non-hydrogen) atoms. The smallest absolute Gasteiger partial charge is 0.327 e. The van der Waals surface area contributed by atoms with E-state index < -0.39 is 22.0 Å². The SMILES string of the molecule is CCC(O)(CC)CNc1cccc(F)c1[N+](=O)[O-]. The van der Waals surface area contributed by atoms with Gasteiger partial charge in [-0.3, -0.25) is 10.1 Å². The maximum Gasteiger partial charge on any atom is 0.327 e. The molecule has 0 amide bonds. The minimum absolute atomic E-state index is 0.0836. The summed E-state index contributed by atoms with van der Waals surface area (Å²) in [7, 11) is 0. The highest BCUT2D eigenvalue weighted by molar-refractivity contribution is 5.62. The van der Waals surface area contributed by atoms with Crippen LogP contribution in [0.25, 0.3) is 0 Å². The summed E-state index contributed by atoms with van der Waals surface area (Å²) in [5.74, 6) is -0.887. The Morgan fingerprint density at radius 3 is 2.56 bits per heavy atom. The molecule has 0 saturated heterocycles. The molecular formula is C12H17FN2O3. The topological polar surface area (TPSA) is 75.4 Å². The van der Waals surface area contributed by atoms with Crippen molar-refractivity contribution in [3.8, 4) is 0 Å². The number of hydrogen-bond donors (Lipinski definition) is 2. The van der Waals surface area contributed by atoms with Crippen LogP contribution in [0.2, 0.25) is 0 Å². The second-order valence-corrected chi connectivity index (χ2v) is 4.18. The van der Waals surface area contributed by atoms with Crippen LogP contribution in [-0.2, 0) is 0 Å². The van der Waals surface area contributed by atoms with Crippen molar-refractivity contribution in [2.75, 3.05) is 11.9 Å². The lowest BCUT2D eigenvalue weighted by molar-refractivity contribution is -0.386. The largest absolute Gasteiger partial charge is 0.388 e. The number of aliphatic hydroxyl groups is 1. The first-order chi connectivity index (χ1) is 8.43. The molecule has 2 N–H and O–H groups in total. The molecule has 0 saturated carbocycles. The normalized spacial score (nSPS) is 11.3. The van der Waals surface area contributed by atoms with Crippen molar-refractivity contribution >= 4 is 11.4 Å². The van der Waals surface area contributed by atoms with Gasteiger partial charge < -0.3 is 10.4 Å². The fourth-order valence-corrected chi connectivity index (χ4v) is 1.60. The Balaban J connectivity index is 2.92. The maximum absolute atomic E-state index is 13.3. The molecule has 100 valence electrons. The van der Waals surface area contributed by atoms with E-state index in [0.717, 1.165) is 6.07 Å². The Labute approximate surface area is 105 Å². The van der Waals surface area contributed by atoms with Crippen LogP contribution in [0.3, 0.4) is 0 Å². The summed E-state index contributed by atoms with van der Waals surface area (Å²) >= 11 is 0. The molecule has 0 atom stereocenters. The van der Waals surface area contributed by atoms with Gasteiger partial charge in [-0.1, -0.05) is 19.9 Å². The molecular weight excluding hydrogens is 239 g/mol. The summed E-state index contributed by atoms with van der Waals surface area (Å²) < 4.78 is 13.3. The van der Waals surface area contributed by atoms with Crippen LogP contribution in [0.1, 0.15) is 26.7 Å². The zero-order valence-electron chi connectivity index (χ0n) is 10.4. The number of nitrogens with zero attached hydrogens (tertiary/aromatic N) is 1. The van der Waals surface area contributed by atoms with Crippen molar-refractivity contribution < 1.29 is 14.4 Å². The lowest BCUT2D eigenvalue weighted by atomic mass is 9.97. The molecule has 0 aliphatic rings. The van der Waals surface area contributed by atoms with Gasteiger partial charge in [-0.2, -0.15) is 4.39 Å². The van der Waals surface area contributed by atoms with Gasteiger partial charge in [0.05, 0.1) is 10.5 Å². The summed E-state index contributed by atoms with van der Waals surface area (Å²) in [5.41, 5.74) is -1.45. The van der Waals surface area contributed by atoms with Crippen molar-refractivity contribution in [1.82, 2.24) is 0 Å². The zero-order chi connectivity index (χ0) is 13.8. The number of rotatable bonds is 6. The number of nitro groups is 1. The molecule has 0 unspecified atom stereocenters. The monoisotopic (exact) mass is 256 g/mol. The average molecular weight is 256 g/mol. The number of hydrogen-bond acceptors (Lipinski definition) is 4. The van der Waals surface area contributed by atoms with Gasteiger partial charge in [-0.25, -0.2) is 0 Å². The van der Waals surface area contributed by atoms with Crippen molar-refractivity contribution in [3.05, 3.63) is 34.1 Å². The van der Waals surface area contributed by atoms with Gasteiger partial charge in [0.15, 0.2) is 0 Å². The van der Waals surface area contributed by atoms with Crippen LogP contribution in [0.15, 0.2) is 18.2 Å². The third kappa shape index (κ3) is 3.16. The maximum atomic E-state index is 13.3. The van der Waals surface area contributed by atoms with Crippen molar-refractivity contribution in [2.24, 2.45) is 0 Å². The van der Waals surface area contributed by atoms with Crippen molar-refractivity contribution in [1.29, 1.82) is 0 Å². The van der Waals surface area contributed by atoms with Gasteiger partial charge in [-0.15, -0.1) is 0 Å². The van der Waals surface area contributed by atoms with E-state index in [1.807, 2.05) is 13.8 Å². The number of nitro benzene ring substituents is 1. The van der Waals surface area contributed by atoms with E-state index in [4.69, 9.17) is 0 Å². The second kappa shape index (κ2) is 5.77. The fraction of sp³-hybridized carbons (Fsp3) is 0.500. The van der Waals surface area contributed by atoms with Crippen molar-refractivity contribution in [3.63, 3.8) is 0 Å². The molecule has 1 rings (SSSR count). The van der Waals surface area contributed by atoms with Crippen LogP contribution in [-0.4, -0.2) is 22.2 Å². The predicted molar refractivity (Wildman–Crippen MR) is 67.1 cm³/mol. The molecule has 0 spiro atoms. The van der Waals surface area contributed by atoms with E-state index in [1.54, 1.807) is 0 Å². The van der Waals surface area contributed by atoms with Crippen LogP contribution < -0.4 is 5.32 Å². The molecule has 0 aromatic heterocycles. The van der Waals surface area contributed by atoms with Gasteiger partial charge in [0, 0.05) is 6.54 Å².